The van der Waals surface area contributed by atoms with Crippen molar-refractivity contribution in [2.75, 3.05) is 31.1 Å². The van der Waals surface area contributed by atoms with Crippen LogP contribution in [0.15, 0.2) is 65.8 Å². The minimum atomic E-state index is -3.90. The summed E-state index contributed by atoms with van der Waals surface area (Å²) in [5, 5.41) is 0.191. The van der Waals surface area contributed by atoms with Crippen molar-refractivity contribution in [3.8, 4) is 0 Å². The second-order valence-corrected chi connectivity index (χ2v) is 13.5. The maximum Gasteiger partial charge on any atom is 0.253 e. The number of fused-ring (bicyclic) bond motifs is 2. The Labute approximate surface area is 245 Å². The largest absolute Gasteiger partial charge is 0.371 e. The highest BCUT2D eigenvalue weighted by Crippen LogP contribution is 2.37. The topological polar surface area (TPSA) is 82.6 Å². The summed E-state index contributed by atoms with van der Waals surface area (Å²) in [6, 6.07) is 14.0. The Morgan fingerprint density at radius 1 is 0.925 bits per heavy atom. The first kappa shape index (κ1) is 27.5. The molecule has 0 bridgehead atoms. The van der Waals surface area contributed by atoms with Gasteiger partial charge in [0.05, 0.1) is 10.0 Å². The molecular formula is C30H32Cl2N4O3S. The minimum Gasteiger partial charge on any atom is -0.371 e. The molecule has 210 valence electrons. The Hall–Kier alpha value is -2.65. The predicted octanol–water partition coefficient (Wildman–Crippen LogP) is 5.73. The number of aromatic nitrogens is 1. The highest BCUT2D eigenvalue weighted by molar-refractivity contribution is 7.89. The summed E-state index contributed by atoms with van der Waals surface area (Å²) in [6.45, 7) is 3.51. The maximum atomic E-state index is 13.7. The number of hydrogen-bond donors (Lipinski definition) is 1. The van der Waals surface area contributed by atoms with Crippen LogP contribution in [0.4, 0.5) is 5.69 Å². The van der Waals surface area contributed by atoms with Gasteiger partial charge in [-0.05, 0) is 91.5 Å². The summed E-state index contributed by atoms with van der Waals surface area (Å²) in [5.41, 5.74) is 3.73. The molecule has 0 saturated carbocycles. The smallest absolute Gasteiger partial charge is 0.253 e. The molecule has 2 fully saturated rings. The molecule has 2 aliphatic heterocycles. The maximum absolute atomic E-state index is 13.7. The third kappa shape index (κ3) is 5.47. The number of carbonyl (C=O) groups excluding carboxylic acids is 1. The van der Waals surface area contributed by atoms with Gasteiger partial charge in [0, 0.05) is 55.9 Å². The Morgan fingerprint density at radius 3 is 2.48 bits per heavy atom. The van der Waals surface area contributed by atoms with E-state index in [1.54, 1.807) is 12.1 Å². The molecule has 2 aromatic carbocycles. The van der Waals surface area contributed by atoms with Gasteiger partial charge >= 0.3 is 0 Å². The Kier molecular flexibility index (Phi) is 7.79. The molecule has 3 atom stereocenters. The second-order valence-electron chi connectivity index (χ2n) is 11.0. The Morgan fingerprint density at radius 2 is 1.68 bits per heavy atom. The second kappa shape index (κ2) is 11.3. The first-order valence-electron chi connectivity index (χ1n) is 13.8. The lowest BCUT2D eigenvalue weighted by Gasteiger charge is -2.37. The first-order valence-corrected chi connectivity index (χ1v) is 16.1. The van der Waals surface area contributed by atoms with E-state index < -0.39 is 16.1 Å². The average molecular weight is 600 g/mol. The van der Waals surface area contributed by atoms with Crippen molar-refractivity contribution in [2.24, 2.45) is 11.8 Å². The fourth-order valence-corrected chi connectivity index (χ4v) is 8.53. The number of nitrogens with one attached hydrogen (secondary N) is 1. The third-order valence-corrected chi connectivity index (χ3v) is 11.2. The molecule has 7 nitrogen and oxygen atoms in total. The van der Waals surface area contributed by atoms with E-state index in [0.29, 0.717) is 23.8 Å². The van der Waals surface area contributed by atoms with Gasteiger partial charge in [-0.1, -0.05) is 35.3 Å². The molecule has 0 spiro atoms. The number of sulfonamides is 1. The van der Waals surface area contributed by atoms with Crippen molar-refractivity contribution < 1.29 is 13.2 Å². The van der Waals surface area contributed by atoms with Crippen molar-refractivity contribution in [1.82, 2.24) is 14.6 Å². The van der Waals surface area contributed by atoms with Crippen LogP contribution >= 0.6 is 23.2 Å². The van der Waals surface area contributed by atoms with Crippen molar-refractivity contribution >= 4 is 44.8 Å². The van der Waals surface area contributed by atoms with Crippen LogP contribution in [0.25, 0.3) is 0 Å². The van der Waals surface area contributed by atoms with Crippen molar-refractivity contribution in [2.45, 2.75) is 43.0 Å². The number of piperidine rings is 1. The van der Waals surface area contributed by atoms with Crippen LogP contribution in [0.2, 0.25) is 10.0 Å². The van der Waals surface area contributed by atoms with Gasteiger partial charge in [-0.15, -0.1) is 0 Å². The Bertz CT molecular complexity index is 1520. The number of amides is 1. The lowest BCUT2D eigenvalue weighted by atomic mass is 9.82. The zero-order chi connectivity index (χ0) is 27.9. The molecule has 1 N–H and O–H groups in total. The van der Waals surface area contributed by atoms with Gasteiger partial charge in [0.25, 0.3) is 5.91 Å². The fraction of sp³-hybridized carbons (Fsp3) is 0.400. The van der Waals surface area contributed by atoms with Crippen LogP contribution in [0.5, 0.6) is 0 Å². The number of aryl methyl sites for hydroxylation is 1. The van der Waals surface area contributed by atoms with E-state index >= 15 is 0 Å². The third-order valence-electron chi connectivity index (χ3n) is 8.72. The van der Waals surface area contributed by atoms with Crippen LogP contribution in [-0.2, 0) is 16.4 Å². The summed E-state index contributed by atoms with van der Waals surface area (Å²) < 4.78 is 29.2. The van der Waals surface area contributed by atoms with Crippen molar-refractivity contribution in [3.05, 3.63) is 87.7 Å². The number of nitrogens with zero attached hydrogens (tertiary/aromatic N) is 3. The Balaban J connectivity index is 1.15. The van der Waals surface area contributed by atoms with Crippen molar-refractivity contribution in [1.29, 1.82) is 0 Å². The summed E-state index contributed by atoms with van der Waals surface area (Å²) in [5.74, 6) is 1.11. The molecule has 0 radical (unpaired) electrons. The van der Waals surface area contributed by atoms with Crippen LogP contribution in [0.3, 0.4) is 0 Å². The monoisotopic (exact) mass is 598 g/mol. The van der Waals surface area contributed by atoms with Crippen LogP contribution in [-0.4, -0.2) is 50.4 Å². The van der Waals surface area contributed by atoms with Gasteiger partial charge in [0.2, 0.25) is 10.0 Å². The number of rotatable bonds is 5. The van der Waals surface area contributed by atoms with Gasteiger partial charge in [0.1, 0.15) is 4.90 Å². The quantitative estimate of drug-likeness (QED) is 0.405. The first-order chi connectivity index (χ1) is 19.3. The molecule has 2 unspecified atom stereocenters. The molecule has 40 heavy (non-hydrogen) atoms. The highest BCUT2D eigenvalue weighted by Gasteiger charge is 2.35. The van der Waals surface area contributed by atoms with E-state index in [4.69, 9.17) is 23.2 Å². The van der Waals surface area contributed by atoms with Crippen LogP contribution in [0.1, 0.15) is 53.2 Å². The molecule has 2 saturated heterocycles. The molecule has 10 heteroatoms. The average Bonchev–Trinajstić information content (AvgIpc) is 3.22. The van der Waals surface area contributed by atoms with Crippen molar-refractivity contribution in [3.63, 3.8) is 0 Å². The summed E-state index contributed by atoms with van der Waals surface area (Å²) in [7, 11) is -3.90. The zero-order valence-corrected chi connectivity index (χ0v) is 24.4. The highest BCUT2D eigenvalue weighted by atomic mass is 35.5. The minimum absolute atomic E-state index is 0.00429. The van der Waals surface area contributed by atoms with Crippen LogP contribution in [0, 0.1) is 11.8 Å². The number of benzene rings is 2. The van der Waals surface area contributed by atoms with E-state index in [1.807, 2.05) is 35.5 Å². The van der Waals surface area contributed by atoms with E-state index in [2.05, 4.69) is 26.7 Å². The van der Waals surface area contributed by atoms with Crippen LogP contribution < -0.4 is 9.62 Å². The molecule has 6 rings (SSSR count). The SMILES string of the molecule is O=C(c1ccc2c(c1)[C@H](NS(=O)(=O)c1cccc(Cl)c1Cl)CC2)N1CCC2CCN(c3ccncc3)CCC2C1. The molecule has 3 aromatic rings. The summed E-state index contributed by atoms with van der Waals surface area (Å²) >= 11 is 12.3. The molecular weight excluding hydrogens is 567 g/mol. The number of anilines is 1. The number of hydrogen-bond acceptors (Lipinski definition) is 5. The molecule has 1 aliphatic carbocycles. The number of likely N-dealkylation sites (tertiary alicyclic amines) is 1. The number of pyridine rings is 1. The zero-order valence-electron chi connectivity index (χ0n) is 22.1. The lowest BCUT2D eigenvalue weighted by Crippen LogP contribution is -2.43. The molecule has 1 amide bonds. The summed E-state index contributed by atoms with van der Waals surface area (Å²) in [4.78, 5) is 22.2. The van der Waals surface area contributed by atoms with E-state index in [-0.39, 0.29) is 20.8 Å². The molecule has 3 heterocycles. The predicted molar refractivity (Wildman–Crippen MR) is 157 cm³/mol. The van der Waals surface area contributed by atoms with Gasteiger partial charge in [-0.25, -0.2) is 13.1 Å². The lowest BCUT2D eigenvalue weighted by molar-refractivity contribution is 0.0589. The van der Waals surface area contributed by atoms with E-state index in [1.165, 1.54) is 11.8 Å². The van der Waals surface area contributed by atoms with E-state index in [0.717, 1.165) is 63.0 Å². The standard InChI is InChI=1S/C30H32Cl2N4O3S/c31-26-2-1-3-28(29(26)32)40(38,39)34-27-7-6-21-4-5-22(18-25(21)27)30(37)36-17-11-20-10-15-35(16-12-23(20)19-36)24-8-13-33-14-9-24/h1-5,8-9,13-14,18,20,23,27,34H,6-7,10-12,15-17,19H2/t20?,23?,27-/m1/s1. The van der Waals surface area contributed by atoms with Gasteiger partial charge in [0.15, 0.2) is 0 Å². The van der Waals surface area contributed by atoms with Gasteiger partial charge < -0.3 is 9.80 Å². The normalized spacial score (nSPS) is 22.9. The van der Waals surface area contributed by atoms with E-state index in [9.17, 15) is 13.2 Å². The number of halogens is 2. The number of carbonyl (C=O) groups is 1. The van der Waals surface area contributed by atoms with Gasteiger partial charge in [-0.2, -0.15) is 0 Å². The molecule has 1 aromatic heterocycles. The summed E-state index contributed by atoms with van der Waals surface area (Å²) in [6.07, 6.45) is 8.23. The molecule has 3 aliphatic rings. The fourth-order valence-electron chi connectivity index (χ4n) is 6.52. The van der Waals surface area contributed by atoms with Gasteiger partial charge in [-0.3, -0.25) is 9.78 Å².